The van der Waals surface area contributed by atoms with Gasteiger partial charge in [0.15, 0.2) is 11.5 Å². The van der Waals surface area contributed by atoms with Crippen molar-refractivity contribution in [2.75, 3.05) is 13.4 Å². The standard InChI is InChI=1S/C10H10.C9H10O.C8H8O2.C7H8.4C2H6/c1-8-5-6-9-3-2-4-10(9)7-8;1-7-2-3-9-8(6-7)4-5-10-9;1-6-2-3-7-8(4-6)10-5-9-7;1-7-5-3-2-4-6-7;4*1-2/h2,4-7H,3H2,1H3;2-3,6H,4-5H2,1H3;2-4H,5H2,1H3;2-6H,1H3;4*1-2H3. The molecule has 3 nitrogen and oxygen atoms in total. The monoisotopic (exact) mass is 612 g/mol. The summed E-state index contributed by atoms with van der Waals surface area (Å²) in [6.07, 6.45) is 6.61. The van der Waals surface area contributed by atoms with Crippen molar-refractivity contribution in [1.29, 1.82) is 0 Å². The maximum absolute atomic E-state index is 5.35. The first-order valence-electron chi connectivity index (χ1n) is 16.8. The predicted molar refractivity (Wildman–Crippen MR) is 198 cm³/mol. The molecular formula is C42H60O3. The Morgan fingerprint density at radius 1 is 0.467 bits per heavy atom. The summed E-state index contributed by atoms with van der Waals surface area (Å²) in [5.41, 5.74) is 9.42. The molecule has 0 aromatic heterocycles. The van der Waals surface area contributed by atoms with E-state index in [0.29, 0.717) is 6.79 Å². The topological polar surface area (TPSA) is 27.7 Å². The van der Waals surface area contributed by atoms with Gasteiger partial charge in [-0.05, 0) is 74.6 Å². The van der Waals surface area contributed by atoms with E-state index in [0.717, 1.165) is 36.7 Å². The van der Waals surface area contributed by atoms with Crippen LogP contribution < -0.4 is 14.2 Å². The molecule has 0 radical (unpaired) electrons. The van der Waals surface area contributed by atoms with Crippen LogP contribution in [0.3, 0.4) is 0 Å². The van der Waals surface area contributed by atoms with Crippen LogP contribution in [0, 0.1) is 27.7 Å². The number of ether oxygens (including phenoxy) is 3. The molecule has 1 aliphatic carbocycles. The van der Waals surface area contributed by atoms with E-state index in [2.05, 4.69) is 81.5 Å². The Hall–Kier alpha value is -3.98. The first kappa shape index (κ1) is 41.0. The molecular weight excluding hydrogens is 552 g/mol. The van der Waals surface area contributed by atoms with Gasteiger partial charge in [0.1, 0.15) is 5.75 Å². The van der Waals surface area contributed by atoms with Gasteiger partial charge in [-0.15, -0.1) is 0 Å². The lowest BCUT2D eigenvalue weighted by Gasteiger charge is -1.97. The maximum atomic E-state index is 5.35. The molecule has 2 heterocycles. The second-order valence-corrected chi connectivity index (χ2v) is 9.53. The van der Waals surface area contributed by atoms with Crippen molar-refractivity contribution in [2.45, 2.75) is 95.9 Å². The van der Waals surface area contributed by atoms with Crippen LogP contribution in [0.4, 0.5) is 0 Å². The van der Waals surface area contributed by atoms with Gasteiger partial charge in [0.05, 0.1) is 6.61 Å². The molecule has 3 aliphatic rings. The molecule has 0 fully saturated rings. The Kier molecular flexibility index (Phi) is 23.1. The van der Waals surface area contributed by atoms with Crippen molar-refractivity contribution in [1.82, 2.24) is 0 Å². The molecule has 0 spiro atoms. The van der Waals surface area contributed by atoms with Gasteiger partial charge in [0.2, 0.25) is 6.79 Å². The molecule has 0 amide bonds. The molecule has 246 valence electrons. The predicted octanol–water partition coefficient (Wildman–Crippen LogP) is 12.3. The average Bonchev–Trinajstić information content (AvgIpc) is 3.87. The number of hydrogen-bond donors (Lipinski definition) is 0. The van der Waals surface area contributed by atoms with Gasteiger partial charge in [0, 0.05) is 6.42 Å². The molecule has 0 atom stereocenters. The molecule has 7 rings (SSSR count). The fourth-order valence-corrected chi connectivity index (χ4v) is 4.22. The summed E-state index contributed by atoms with van der Waals surface area (Å²) in [6.45, 7) is 25.6. The zero-order chi connectivity index (χ0) is 34.0. The highest BCUT2D eigenvalue weighted by Crippen LogP contribution is 2.32. The summed E-state index contributed by atoms with van der Waals surface area (Å²) in [7, 11) is 0. The van der Waals surface area contributed by atoms with Gasteiger partial charge in [-0.3, -0.25) is 0 Å². The summed E-state index contributed by atoms with van der Waals surface area (Å²) >= 11 is 0. The third-order valence-corrected chi connectivity index (χ3v) is 6.25. The minimum atomic E-state index is 0.360. The lowest BCUT2D eigenvalue weighted by atomic mass is 10.1. The second-order valence-electron chi connectivity index (χ2n) is 9.53. The first-order chi connectivity index (χ1) is 22.0. The van der Waals surface area contributed by atoms with Crippen molar-refractivity contribution >= 4 is 6.08 Å². The van der Waals surface area contributed by atoms with Gasteiger partial charge in [-0.25, -0.2) is 0 Å². The van der Waals surface area contributed by atoms with Crippen LogP contribution in [0.2, 0.25) is 0 Å². The zero-order valence-corrected chi connectivity index (χ0v) is 30.3. The summed E-state index contributed by atoms with van der Waals surface area (Å²) in [4.78, 5) is 0. The molecule has 0 unspecified atom stereocenters. The quantitative estimate of drug-likeness (QED) is 0.198. The third-order valence-electron chi connectivity index (χ3n) is 6.25. The second kappa shape index (κ2) is 25.4. The molecule has 0 bridgehead atoms. The van der Waals surface area contributed by atoms with Crippen LogP contribution in [-0.2, 0) is 12.8 Å². The molecule has 3 heteroatoms. The van der Waals surface area contributed by atoms with Crippen LogP contribution in [0.25, 0.3) is 6.08 Å². The highest BCUT2D eigenvalue weighted by Gasteiger charge is 2.11. The Balaban J connectivity index is 0.000000537. The minimum absolute atomic E-state index is 0.360. The summed E-state index contributed by atoms with van der Waals surface area (Å²) in [6, 6.07) is 29.1. The molecule has 0 saturated carbocycles. The maximum Gasteiger partial charge on any atom is 0.231 e. The summed E-state index contributed by atoms with van der Waals surface area (Å²) in [5.74, 6) is 2.79. The van der Waals surface area contributed by atoms with Gasteiger partial charge in [-0.2, -0.15) is 0 Å². The van der Waals surface area contributed by atoms with Crippen LogP contribution in [-0.4, -0.2) is 13.4 Å². The number of aryl methyl sites for hydroxylation is 4. The van der Waals surface area contributed by atoms with Gasteiger partial charge in [-0.1, -0.05) is 151 Å². The molecule has 2 aliphatic heterocycles. The molecule has 0 N–H and O–H groups in total. The Labute approximate surface area is 276 Å². The van der Waals surface area contributed by atoms with E-state index in [1.165, 1.54) is 38.9 Å². The molecule has 45 heavy (non-hydrogen) atoms. The van der Waals surface area contributed by atoms with E-state index in [1.54, 1.807) is 0 Å². The van der Waals surface area contributed by atoms with E-state index in [9.17, 15) is 0 Å². The Morgan fingerprint density at radius 2 is 1.02 bits per heavy atom. The van der Waals surface area contributed by atoms with Crippen molar-refractivity contribution < 1.29 is 14.2 Å². The zero-order valence-electron chi connectivity index (χ0n) is 30.3. The largest absolute Gasteiger partial charge is 0.493 e. The van der Waals surface area contributed by atoms with E-state index in [1.807, 2.05) is 98.7 Å². The Morgan fingerprint density at radius 3 is 1.64 bits per heavy atom. The third kappa shape index (κ3) is 15.5. The number of hydrogen-bond acceptors (Lipinski definition) is 3. The lowest BCUT2D eigenvalue weighted by molar-refractivity contribution is 0.174. The van der Waals surface area contributed by atoms with Crippen molar-refractivity contribution in [3.05, 3.63) is 130 Å². The highest BCUT2D eigenvalue weighted by molar-refractivity contribution is 5.60. The van der Waals surface area contributed by atoms with E-state index in [4.69, 9.17) is 14.2 Å². The van der Waals surface area contributed by atoms with Gasteiger partial charge >= 0.3 is 0 Å². The fraction of sp³-hybridized carbons (Fsp3) is 0.381. The van der Waals surface area contributed by atoms with Crippen LogP contribution in [0.1, 0.15) is 94.3 Å². The minimum Gasteiger partial charge on any atom is -0.493 e. The number of benzene rings is 4. The van der Waals surface area contributed by atoms with Crippen LogP contribution in [0.15, 0.2) is 91.0 Å². The number of fused-ring (bicyclic) bond motifs is 3. The lowest BCUT2D eigenvalue weighted by Crippen LogP contribution is -1.92. The smallest absolute Gasteiger partial charge is 0.231 e. The van der Waals surface area contributed by atoms with Crippen molar-refractivity contribution in [2.24, 2.45) is 0 Å². The van der Waals surface area contributed by atoms with Crippen LogP contribution in [0.5, 0.6) is 17.2 Å². The van der Waals surface area contributed by atoms with Gasteiger partial charge < -0.3 is 14.2 Å². The van der Waals surface area contributed by atoms with Crippen LogP contribution >= 0.6 is 0 Å². The number of rotatable bonds is 0. The molecule has 0 saturated heterocycles. The summed E-state index contributed by atoms with van der Waals surface area (Å²) < 4.78 is 15.6. The summed E-state index contributed by atoms with van der Waals surface area (Å²) in [5, 5.41) is 0. The normalized spacial score (nSPS) is 11.2. The van der Waals surface area contributed by atoms with E-state index < -0.39 is 0 Å². The van der Waals surface area contributed by atoms with Crippen molar-refractivity contribution in [3.8, 4) is 17.2 Å². The molecule has 4 aromatic carbocycles. The number of allylic oxidation sites excluding steroid dienone is 1. The highest BCUT2D eigenvalue weighted by atomic mass is 16.7. The molecule has 4 aromatic rings. The average molecular weight is 613 g/mol. The first-order valence-corrected chi connectivity index (χ1v) is 16.8. The van der Waals surface area contributed by atoms with Gasteiger partial charge in [0.25, 0.3) is 0 Å². The fourth-order valence-electron chi connectivity index (χ4n) is 4.22. The van der Waals surface area contributed by atoms with E-state index >= 15 is 0 Å². The van der Waals surface area contributed by atoms with E-state index in [-0.39, 0.29) is 0 Å². The van der Waals surface area contributed by atoms with Crippen molar-refractivity contribution in [3.63, 3.8) is 0 Å². The Bertz CT molecular complexity index is 1280. The SMILES string of the molecule is CC.CC.CC.CC.Cc1ccc2c(c1)C=CC2.Cc1ccc2c(c1)CCO2.Cc1ccc2c(c1)OCO2.Cc1ccccc1.